The monoisotopic (exact) mass is 476 g/mol. The van der Waals surface area contributed by atoms with Crippen LogP contribution in [0.4, 0.5) is 0 Å². The van der Waals surface area contributed by atoms with E-state index in [0.717, 1.165) is 50.5 Å². The number of carbonyl (C=O) groups is 2. The van der Waals surface area contributed by atoms with E-state index in [2.05, 4.69) is 32.9 Å². The number of hydrogen-bond acceptors (Lipinski definition) is 6. The van der Waals surface area contributed by atoms with Crippen molar-refractivity contribution in [2.75, 3.05) is 0 Å². The lowest BCUT2D eigenvalue weighted by Gasteiger charge is -2.43. The van der Waals surface area contributed by atoms with Gasteiger partial charge in [-0.2, -0.15) is 0 Å². The highest BCUT2D eigenvalue weighted by Gasteiger charge is 2.43. The van der Waals surface area contributed by atoms with Gasteiger partial charge in [0.1, 0.15) is 12.2 Å². The Morgan fingerprint density at radius 3 is 2.50 bits per heavy atom. The number of fused-ring (bicyclic) bond motifs is 1. The van der Waals surface area contributed by atoms with Crippen LogP contribution in [-0.4, -0.2) is 46.6 Å². The number of hydrogen-bond donors (Lipinski definition) is 2. The first-order valence-corrected chi connectivity index (χ1v) is 13.5. The first kappa shape index (κ1) is 26.9. The Bertz CT molecular complexity index is 735. The van der Waals surface area contributed by atoms with Gasteiger partial charge in [-0.3, -0.25) is 9.59 Å². The Labute approximate surface area is 204 Å². The molecule has 192 valence electrons. The van der Waals surface area contributed by atoms with E-state index >= 15 is 0 Å². The van der Waals surface area contributed by atoms with Crippen molar-refractivity contribution in [1.29, 1.82) is 0 Å². The molecule has 1 fully saturated rings. The van der Waals surface area contributed by atoms with Gasteiger partial charge in [0.05, 0.1) is 24.5 Å². The van der Waals surface area contributed by atoms with E-state index in [-0.39, 0.29) is 54.2 Å². The molecule has 0 aromatic rings. The summed E-state index contributed by atoms with van der Waals surface area (Å²) in [6.45, 7) is 6.45. The molecule has 34 heavy (non-hydrogen) atoms. The van der Waals surface area contributed by atoms with Gasteiger partial charge in [0.25, 0.3) is 0 Å². The van der Waals surface area contributed by atoms with Crippen LogP contribution in [0.5, 0.6) is 0 Å². The third-order valence-electron chi connectivity index (χ3n) is 7.84. The van der Waals surface area contributed by atoms with Crippen molar-refractivity contribution in [3.63, 3.8) is 0 Å². The number of allylic oxidation sites excluding steroid dienone is 2. The summed E-state index contributed by atoms with van der Waals surface area (Å²) < 4.78 is 11.7. The molecule has 3 aliphatic rings. The molecule has 6 nitrogen and oxygen atoms in total. The lowest BCUT2D eigenvalue weighted by atomic mass is 9.66. The average Bonchev–Trinajstić information content (AvgIpc) is 2.78. The Kier molecular flexibility index (Phi) is 10.2. The van der Waals surface area contributed by atoms with Crippen LogP contribution in [0, 0.1) is 23.7 Å². The summed E-state index contributed by atoms with van der Waals surface area (Å²) in [5.41, 5.74) is 1.04. The first-order valence-electron chi connectivity index (χ1n) is 13.5. The molecular weight excluding hydrogens is 432 g/mol. The zero-order valence-electron chi connectivity index (χ0n) is 21.2. The third-order valence-corrected chi connectivity index (χ3v) is 7.84. The zero-order valence-corrected chi connectivity index (χ0v) is 21.2. The normalized spacial score (nSPS) is 33.3. The Morgan fingerprint density at radius 2 is 1.85 bits per heavy atom. The summed E-state index contributed by atoms with van der Waals surface area (Å²) in [5.74, 6) is -0.0219. The maximum absolute atomic E-state index is 13.2. The van der Waals surface area contributed by atoms with Crippen molar-refractivity contribution >= 4 is 11.9 Å². The zero-order chi connectivity index (χ0) is 24.7. The van der Waals surface area contributed by atoms with Crippen LogP contribution in [-0.2, 0) is 19.1 Å². The van der Waals surface area contributed by atoms with Crippen molar-refractivity contribution in [3.8, 4) is 0 Å². The number of unbranched alkanes of at least 4 members (excludes halogenated alkanes) is 2. The van der Waals surface area contributed by atoms with Gasteiger partial charge in [-0.1, -0.05) is 64.7 Å². The van der Waals surface area contributed by atoms with Gasteiger partial charge >= 0.3 is 11.9 Å². The van der Waals surface area contributed by atoms with Crippen LogP contribution in [0.1, 0.15) is 91.4 Å². The molecule has 0 radical (unpaired) electrons. The van der Waals surface area contributed by atoms with Crippen molar-refractivity contribution in [2.45, 2.75) is 116 Å². The molecule has 0 unspecified atom stereocenters. The molecule has 3 rings (SSSR count). The molecule has 1 saturated heterocycles. The summed E-state index contributed by atoms with van der Waals surface area (Å²) in [5, 5.41) is 20.5. The van der Waals surface area contributed by atoms with Crippen LogP contribution >= 0.6 is 0 Å². The summed E-state index contributed by atoms with van der Waals surface area (Å²) in [6, 6.07) is 0. The van der Waals surface area contributed by atoms with E-state index in [4.69, 9.17) is 9.47 Å². The second kappa shape index (κ2) is 12.9. The second-order valence-corrected chi connectivity index (χ2v) is 10.6. The summed E-state index contributed by atoms with van der Waals surface area (Å²) in [4.78, 5) is 25.0. The average molecular weight is 477 g/mol. The minimum atomic E-state index is -0.632. The second-order valence-electron chi connectivity index (χ2n) is 10.6. The molecule has 2 N–H and O–H groups in total. The summed E-state index contributed by atoms with van der Waals surface area (Å²) in [7, 11) is 0. The SMILES string of the molecule is CCCCC(CCCC)C(=O)O[C@H]1C[C@H](O)C=C2C=C[C@@H](C)[C@H](CC[C@@H]3C[C@@H](O)CC(=O)O3)[C@H]21. The first-order chi connectivity index (χ1) is 16.3. The van der Waals surface area contributed by atoms with Gasteiger partial charge in [-0.25, -0.2) is 0 Å². The lowest BCUT2D eigenvalue weighted by Crippen LogP contribution is -2.43. The Hall–Kier alpha value is -1.66. The summed E-state index contributed by atoms with van der Waals surface area (Å²) in [6.07, 6.45) is 12.5. The highest BCUT2D eigenvalue weighted by Crippen LogP contribution is 2.44. The fourth-order valence-corrected chi connectivity index (χ4v) is 5.93. The van der Waals surface area contributed by atoms with Crippen molar-refractivity contribution in [2.24, 2.45) is 23.7 Å². The maximum Gasteiger partial charge on any atom is 0.309 e. The molecule has 0 aromatic carbocycles. The molecule has 0 aromatic heterocycles. The fourth-order valence-electron chi connectivity index (χ4n) is 5.93. The smallest absolute Gasteiger partial charge is 0.309 e. The van der Waals surface area contributed by atoms with E-state index in [1.165, 1.54) is 0 Å². The Balaban J connectivity index is 1.72. The van der Waals surface area contributed by atoms with E-state index in [9.17, 15) is 19.8 Å². The van der Waals surface area contributed by atoms with E-state index in [1.54, 1.807) is 0 Å². The minimum absolute atomic E-state index is 0.0227. The van der Waals surface area contributed by atoms with E-state index in [0.29, 0.717) is 19.3 Å². The quantitative estimate of drug-likeness (QED) is 0.413. The number of ether oxygens (including phenoxy) is 2. The van der Waals surface area contributed by atoms with Crippen LogP contribution in [0.15, 0.2) is 23.8 Å². The van der Waals surface area contributed by atoms with E-state index < -0.39 is 12.2 Å². The van der Waals surface area contributed by atoms with Gasteiger partial charge < -0.3 is 19.7 Å². The number of rotatable bonds is 11. The number of carbonyl (C=O) groups excluding carboxylic acids is 2. The van der Waals surface area contributed by atoms with Crippen LogP contribution in [0.3, 0.4) is 0 Å². The highest BCUT2D eigenvalue weighted by molar-refractivity contribution is 5.72. The molecule has 1 heterocycles. The fraction of sp³-hybridized carbons (Fsp3) is 0.786. The molecule has 6 heteroatoms. The molecule has 2 aliphatic carbocycles. The minimum Gasteiger partial charge on any atom is -0.462 e. The van der Waals surface area contributed by atoms with Gasteiger partial charge in [-0.15, -0.1) is 0 Å². The third kappa shape index (κ3) is 7.17. The lowest BCUT2D eigenvalue weighted by molar-refractivity contribution is -0.163. The summed E-state index contributed by atoms with van der Waals surface area (Å²) >= 11 is 0. The highest BCUT2D eigenvalue weighted by atomic mass is 16.6. The van der Waals surface area contributed by atoms with Gasteiger partial charge in [0.15, 0.2) is 0 Å². The molecule has 0 bridgehead atoms. The van der Waals surface area contributed by atoms with Crippen LogP contribution < -0.4 is 0 Å². The predicted octanol–water partition coefficient (Wildman–Crippen LogP) is 4.87. The molecule has 0 spiro atoms. The number of cyclic esters (lactones) is 1. The molecule has 0 saturated carbocycles. The largest absolute Gasteiger partial charge is 0.462 e. The van der Waals surface area contributed by atoms with Crippen molar-refractivity contribution in [3.05, 3.63) is 23.8 Å². The molecular formula is C28H44O6. The molecule has 0 amide bonds. The maximum atomic E-state index is 13.2. The van der Waals surface area contributed by atoms with Crippen molar-refractivity contribution in [1.82, 2.24) is 0 Å². The van der Waals surface area contributed by atoms with Crippen LogP contribution in [0.25, 0.3) is 0 Å². The number of aliphatic hydroxyl groups is 2. The topological polar surface area (TPSA) is 93.1 Å². The predicted molar refractivity (Wildman–Crippen MR) is 131 cm³/mol. The van der Waals surface area contributed by atoms with Gasteiger partial charge in [0, 0.05) is 18.8 Å². The molecule has 7 atom stereocenters. The number of aliphatic hydroxyl groups excluding tert-OH is 2. The Morgan fingerprint density at radius 1 is 1.15 bits per heavy atom. The van der Waals surface area contributed by atoms with Gasteiger partial charge in [0.2, 0.25) is 0 Å². The van der Waals surface area contributed by atoms with Gasteiger partial charge in [-0.05, 0) is 43.1 Å². The standard InChI is InChI=1S/C28H44O6/c1-4-6-8-19(9-7-5-2)28(32)34-25-16-21(29)14-20-11-10-18(3)24(27(20)25)13-12-23-15-22(30)17-26(31)33-23/h10-11,14,18-19,21-25,27,29-30H,4-9,12-13,15-17H2,1-3H3/t18-,21-,22-,23-,24+,25+,27+/m1/s1. The molecule has 1 aliphatic heterocycles. The van der Waals surface area contributed by atoms with Crippen molar-refractivity contribution < 1.29 is 29.3 Å². The van der Waals surface area contributed by atoms with Crippen LogP contribution in [0.2, 0.25) is 0 Å². The number of esters is 2. The van der Waals surface area contributed by atoms with E-state index in [1.807, 2.05) is 6.08 Å².